The zero-order valence-electron chi connectivity index (χ0n) is 18.1. The van der Waals surface area contributed by atoms with Gasteiger partial charge in [-0.05, 0) is 47.7 Å². The van der Waals surface area contributed by atoms with Crippen LogP contribution in [-0.2, 0) is 20.7 Å². The lowest BCUT2D eigenvalue weighted by Crippen LogP contribution is -2.29. The van der Waals surface area contributed by atoms with Crippen molar-refractivity contribution in [2.24, 2.45) is 10.9 Å². The molecule has 1 aliphatic carbocycles. The van der Waals surface area contributed by atoms with Gasteiger partial charge in [0.05, 0.1) is 18.0 Å². The number of ketones is 1. The third kappa shape index (κ3) is 3.19. The first-order valence-corrected chi connectivity index (χ1v) is 10.9. The number of nitrogens with zero attached hydrogens (tertiary/aromatic N) is 1. The molecule has 0 amide bonds. The lowest BCUT2D eigenvalue weighted by atomic mass is 9.82. The highest BCUT2D eigenvalue weighted by Gasteiger charge is 2.41. The number of carbonyl (C=O) groups is 2. The second-order valence-corrected chi connectivity index (χ2v) is 8.06. The summed E-state index contributed by atoms with van der Waals surface area (Å²) in [6, 6.07) is 23.3. The van der Waals surface area contributed by atoms with Gasteiger partial charge in [0, 0.05) is 17.6 Å². The molecular formula is C28H23NO3. The molecule has 0 radical (unpaired) electrons. The Morgan fingerprint density at radius 3 is 2.28 bits per heavy atom. The number of esters is 1. The fourth-order valence-electron chi connectivity index (χ4n) is 4.71. The van der Waals surface area contributed by atoms with Gasteiger partial charge in [-0.2, -0.15) is 0 Å². The monoisotopic (exact) mass is 421 g/mol. The smallest absolute Gasteiger partial charge is 0.319 e. The van der Waals surface area contributed by atoms with Gasteiger partial charge in [0.2, 0.25) is 0 Å². The molecule has 0 saturated heterocycles. The largest absolute Gasteiger partial charge is 0.465 e. The minimum absolute atomic E-state index is 0.0215. The first kappa shape index (κ1) is 20.1. The predicted octanol–water partition coefficient (Wildman–Crippen LogP) is 5.34. The number of carbonyl (C=O) groups excluding carboxylic acids is 2. The average Bonchev–Trinajstić information content (AvgIpc) is 3.07. The van der Waals surface area contributed by atoms with E-state index in [1.165, 1.54) is 0 Å². The Bertz CT molecular complexity index is 1290. The van der Waals surface area contributed by atoms with Gasteiger partial charge in [0.15, 0.2) is 5.78 Å². The summed E-state index contributed by atoms with van der Waals surface area (Å²) in [7, 11) is 0. The van der Waals surface area contributed by atoms with E-state index >= 15 is 0 Å². The molecule has 158 valence electrons. The summed E-state index contributed by atoms with van der Waals surface area (Å²) in [6.45, 7) is 4.06. The Labute approximate surface area is 187 Å². The maximum absolute atomic E-state index is 13.5. The first-order valence-electron chi connectivity index (χ1n) is 10.9. The molecule has 3 aromatic rings. The molecule has 5 rings (SSSR count). The minimum Gasteiger partial charge on any atom is -0.465 e. The number of allylic oxidation sites excluding steroid dienone is 1. The lowest BCUT2D eigenvalue weighted by molar-refractivity contribution is -0.143. The van der Waals surface area contributed by atoms with E-state index in [9.17, 15) is 9.59 Å². The van der Waals surface area contributed by atoms with E-state index in [4.69, 9.17) is 9.73 Å². The van der Waals surface area contributed by atoms with Gasteiger partial charge in [0.25, 0.3) is 0 Å². The molecule has 4 heteroatoms. The molecule has 1 aliphatic heterocycles. The Balaban J connectivity index is 1.91. The summed E-state index contributed by atoms with van der Waals surface area (Å²) in [5, 5.41) is 0. The molecule has 32 heavy (non-hydrogen) atoms. The highest BCUT2D eigenvalue weighted by Crippen LogP contribution is 2.48. The zero-order valence-corrected chi connectivity index (χ0v) is 18.1. The minimum atomic E-state index is -0.808. The van der Waals surface area contributed by atoms with Gasteiger partial charge in [-0.1, -0.05) is 66.7 Å². The zero-order chi connectivity index (χ0) is 22.2. The van der Waals surface area contributed by atoms with E-state index in [1.807, 2.05) is 79.7 Å². The normalized spacial score (nSPS) is 17.0. The Morgan fingerprint density at radius 2 is 1.62 bits per heavy atom. The fourth-order valence-corrected chi connectivity index (χ4v) is 4.71. The summed E-state index contributed by atoms with van der Waals surface area (Å²) >= 11 is 0. The predicted molar refractivity (Wildman–Crippen MR) is 126 cm³/mol. The van der Waals surface area contributed by atoms with Crippen molar-refractivity contribution in [1.82, 2.24) is 0 Å². The van der Waals surface area contributed by atoms with Gasteiger partial charge < -0.3 is 4.74 Å². The molecular weight excluding hydrogens is 398 g/mol. The van der Waals surface area contributed by atoms with E-state index in [0.29, 0.717) is 23.3 Å². The molecule has 3 aromatic carbocycles. The quantitative estimate of drug-likeness (QED) is 0.534. The van der Waals surface area contributed by atoms with E-state index in [2.05, 4.69) is 0 Å². The maximum atomic E-state index is 13.5. The van der Waals surface area contributed by atoms with Crippen LogP contribution in [0.3, 0.4) is 0 Å². The summed E-state index contributed by atoms with van der Waals surface area (Å²) in [4.78, 5) is 31.9. The second-order valence-electron chi connectivity index (χ2n) is 8.06. The van der Waals surface area contributed by atoms with E-state index in [0.717, 1.165) is 33.5 Å². The highest BCUT2D eigenvalue weighted by atomic mass is 16.5. The van der Waals surface area contributed by atoms with Crippen LogP contribution in [0.25, 0.3) is 11.1 Å². The van der Waals surface area contributed by atoms with Crippen LogP contribution in [0.5, 0.6) is 0 Å². The molecule has 0 aromatic heterocycles. The van der Waals surface area contributed by atoms with E-state index in [-0.39, 0.29) is 12.4 Å². The molecule has 2 aliphatic rings. The number of ether oxygens (including phenoxy) is 1. The average molecular weight is 421 g/mol. The number of benzene rings is 3. The summed E-state index contributed by atoms with van der Waals surface area (Å²) in [6.07, 6.45) is 0.326. The number of hydrogen-bond donors (Lipinski definition) is 0. The third-order valence-electron chi connectivity index (χ3n) is 6.14. The Morgan fingerprint density at radius 1 is 0.969 bits per heavy atom. The number of Topliss-reactive ketones (excluding diaryl/α,β-unsaturated/α-hetero) is 1. The molecule has 0 unspecified atom stereocenters. The van der Waals surface area contributed by atoms with Gasteiger partial charge in [-0.15, -0.1) is 0 Å². The lowest BCUT2D eigenvalue weighted by Gasteiger charge is -2.22. The van der Waals surface area contributed by atoms with Crippen molar-refractivity contribution in [3.8, 4) is 0 Å². The Kier molecular flexibility index (Phi) is 5.06. The highest BCUT2D eigenvalue weighted by molar-refractivity contribution is 6.38. The maximum Gasteiger partial charge on any atom is 0.319 e. The van der Waals surface area contributed by atoms with Crippen molar-refractivity contribution >= 4 is 34.3 Å². The van der Waals surface area contributed by atoms with Crippen LogP contribution < -0.4 is 0 Å². The third-order valence-corrected chi connectivity index (χ3v) is 6.14. The molecule has 0 spiro atoms. The molecule has 4 nitrogen and oxygen atoms in total. The van der Waals surface area contributed by atoms with Crippen molar-refractivity contribution in [2.45, 2.75) is 20.3 Å². The van der Waals surface area contributed by atoms with Crippen molar-refractivity contribution < 1.29 is 14.3 Å². The number of rotatable bonds is 4. The second kappa shape index (κ2) is 8.04. The van der Waals surface area contributed by atoms with E-state index < -0.39 is 11.9 Å². The van der Waals surface area contributed by atoms with Gasteiger partial charge >= 0.3 is 5.97 Å². The molecule has 0 N–H and O–H groups in total. The van der Waals surface area contributed by atoms with E-state index in [1.54, 1.807) is 6.92 Å². The standard InChI is InChI=1S/C28H23NO3/c1-3-32-28(31)26-23(18-10-6-4-7-11-18)25-22(30)16-20-17(2)14-15-21(24(20)25)29-27(26)19-12-8-5-9-13-19/h4-15,26H,3,16H2,1-2H3/t26-/m0/s1. The van der Waals surface area contributed by atoms with Crippen LogP contribution in [0.1, 0.15) is 34.7 Å². The van der Waals surface area contributed by atoms with Crippen LogP contribution in [0.15, 0.2) is 77.8 Å². The molecule has 0 saturated carbocycles. The fraction of sp³-hybridized carbons (Fsp3) is 0.179. The topological polar surface area (TPSA) is 55.7 Å². The summed E-state index contributed by atoms with van der Waals surface area (Å²) in [5.41, 5.74) is 7.18. The summed E-state index contributed by atoms with van der Waals surface area (Å²) in [5.74, 6) is -1.18. The molecule has 0 bridgehead atoms. The number of aryl methyl sites for hydroxylation is 1. The van der Waals surface area contributed by atoms with Gasteiger partial charge in [0.1, 0.15) is 5.92 Å². The van der Waals surface area contributed by atoms with Gasteiger partial charge in [-0.3, -0.25) is 14.6 Å². The SMILES string of the molecule is CCOC(=O)[C@@H]1C(c2ccccc2)=Nc2ccc(C)c3c2C(=C1c1ccccc1)C(=O)C3. The van der Waals surface area contributed by atoms with Crippen molar-refractivity contribution in [1.29, 1.82) is 0 Å². The Hall–Kier alpha value is -3.79. The van der Waals surface area contributed by atoms with Crippen LogP contribution in [-0.4, -0.2) is 24.1 Å². The van der Waals surface area contributed by atoms with Gasteiger partial charge in [-0.25, -0.2) is 0 Å². The van der Waals surface area contributed by atoms with Crippen LogP contribution >= 0.6 is 0 Å². The van der Waals surface area contributed by atoms with Crippen molar-refractivity contribution in [3.05, 3.63) is 101 Å². The van der Waals surface area contributed by atoms with Crippen LogP contribution in [0.2, 0.25) is 0 Å². The van der Waals surface area contributed by atoms with Crippen molar-refractivity contribution in [2.75, 3.05) is 6.61 Å². The number of hydrogen-bond acceptors (Lipinski definition) is 4. The summed E-state index contributed by atoms with van der Waals surface area (Å²) < 4.78 is 5.54. The molecule has 0 fully saturated rings. The van der Waals surface area contributed by atoms with Crippen LogP contribution in [0, 0.1) is 12.8 Å². The number of aliphatic imine (C=N–C) groups is 1. The molecule has 1 heterocycles. The first-order chi connectivity index (χ1) is 15.6. The van der Waals surface area contributed by atoms with Crippen LogP contribution in [0.4, 0.5) is 5.69 Å². The molecule has 1 atom stereocenters. The van der Waals surface area contributed by atoms with Crippen molar-refractivity contribution in [3.63, 3.8) is 0 Å².